The summed E-state index contributed by atoms with van der Waals surface area (Å²) in [6, 6.07) is 15.7. The minimum atomic E-state index is 0.0339. The molecule has 2 aromatic heterocycles. The van der Waals surface area contributed by atoms with Crippen molar-refractivity contribution >= 4 is 27.9 Å². The fourth-order valence-electron chi connectivity index (χ4n) is 4.13. The highest BCUT2D eigenvalue weighted by molar-refractivity contribution is 7.14. The quantitative estimate of drug-likeness (QED) is 0.381. The Bertz CT molecular complexity index is 1290. The lowest BCUT2D eigenvalue weighted by Crippen LogP contribution is -2.35. The van der Waals surface area contributed by atoms with E-state index in [2.05, 4.69) is 33.2 Å². The fourth-order valence-corrected chi connectivity index (χ4v) is 4.82. The summed E-state index contributed by atoms with van der Waals surface area (Å²) in [4.78, 5) is 19.8. The molecule has 0 unspecified atom stereocenters. The summed E-state index contributed by atoms with van der Waals surface area (Å²) >= 11 is 1.57. The Hall–Kier alpha value is -3.16. The van der Waals surface area contributed by atoms with Crippen LogP contribution in [0.4, 0.5) is 0 Å². The zero-order valence-electron chi connectivity index (χ0n) is 18.8. The van der Waals surface area contributed by atoms with Gasteiger partial charge in [-0.1, -0.05) is 35.6 Å². The molecule has 7 heteroatoms. The highest BCUT2D eigenvalue weighted by Gasteiger charge is 2.18. The molecule has 33 heavy (non-hydrogen) atoms. The van der Waals surface area contributed by atoms with Crippen LogP contribution in [0, 0.1) is 6.92 Å². The van der Waals surface area contributed by atoms with Crippen molar-refractivity contribution in [1.29, 1.82) is 0 Å². The predicted molar refractivity (Wildman–Crippen MR) is 131 cm³/mol. The van der Waals surface area contributed by atoms with Crippen LogP contribution in [0.1, 0.15) is 33.9 Å². The van der Waals surface area contributed by atoms with E-state index < -0.39 is 0 Å². The molecule has 1 fully saturated rings. The van der Waals surface area contributed by atoms with Gasteiger partial charge in [-0.05, 0) is 56.5 Å². The van der Waals surface area contributed by atoms with Gasteiger partial charge < -0.3 is 9.64 Å². The number of likely N-dealkylation sites (tertiary alicyclic amines) is 1. The third-order valence-corrected chi connectivity index (χ3v) is 6.91. The van der Waals surface area contributed by atoms with Crippen LogP contribution in [0.2, 0.25) is 0 Å². The van der Waals surface area contributed by atoms with Crippen molar-refractivity contribution < 1.29 is 9.53 Å². The molecule has 1 aliphatic rings. The molecule has 0 amide bonds. The van der Waals surface area contributed by atoms with Crippen molar-refractivity contribution in [2.24, 2.45) is 0 Å². The molecule has 5 rings (SSSR count). The summed E-state index contributed by atoms with van der Waals surface area (Å²) in [6.45, 7) is 4.03. The first-order chi connectivity index (χ1) is 16.0. The van der Waals surface area contributed by atoms with Gasteiger partial charge in [0.25, 0.3) is 0 Å². The van der Waals surface area contributed by atoms with E-state index in [4.69, 9.17) is 4.74 Å². The van der Waals surface area contributed by atoms with Crippen LogP contribution in [0.25, 0.3) is 21.3 Å². The summed E-state index contributed by atoms with van der Waals surface area (Å²) in [5, 5.41) is 12.3. The number of hydrogen-bond acceptors (Lipinski definition) is 7. The van der Waals surface area contributed by atoms with E-state index in [1.807, 2.05) is 55.6 Å². The second kappa shape index (κ2) is 9.37. The van der Waals surface area contributed by atoms with E-state index >= 15 is 0 Å². The van der Waals surface area contributed by atoms with E-state index in [-0.39, 0.29) is 18.3 Å². The van der Waals surface area contributed by atoms with Gasteiger partial charge in [-0.2, -0.15) is 0 Å². The number of rotatable bonds is 6. The topological polar surface area (TPSA) is 68.2 Å². The molecule has 0 spiro atoms. The summed E-state index contributed by atoms with van der Waals surface area (Å²) < 4.78 is 6.15. The lowest BCUT2D eigenvalue weighted by molar-refractivity contribution is 0.0988. The number of benzene rings is 2. The van der Waals surface area contributed by atoms with E-state index in [1.165, 1.54) is 0 Å². The van der Waals surface area contributed by atoms with E-state index in [1.54, 1.807) is 11.3 Å². The molecule has 0 radical (unpaired) electrons. The van der Waals surface area contributed by atoms with Crippen LogP contribution in [0.3, 0.4) is 0 Å². The Morgan fingerprint density at radius 1 is 1.09 bits per heavy atom. The monoisotopic (exact) mass is 458 g/mol. The van der Waals surface area contributed by atoms with Crippen molar-refractivity contribution in [2.75, 3.05) is 20.1 Å². The summed E-state index contributed by atoms with van der Waals surface area (Å²) in [5.74, 6) is 0.797. The summed E-state index contributed by atoms with van der Waals surface area (Å²) in [5.41, 5.74) is 2.43. The molecule has 0 atom stereocenters. The molecule has 1 aliphatic heterocycles. The third-order valence-electron chi connectivity index (χ3n) is 6.02. The average molecular weight is 459 g/mol. The van der Waals surface area contributed by atoms with Crippen molar-refractivity contribution in [3.05, 3.63) is 71.0 Å². The van der Waals surface area contributed by atoms with Crippen LogP contribution in [-0.4, -0.2) is 52.1 Å². The number of Topliss-reactive ketones (excluding diaryl/α,β-unsaturated/α-hetero) is 1. The molecule has 0 N–H and O–H groups in total. The molecular formula is C26H26N4O2S. The highest BCUT2D eigenvalue weighted by atomic mass is 32.1. The molecule has 0 saturated carbocycles. The number of ketones is 1. The average Bonchev–Trinajstić information content (AvgIpc) is 3.26. The van der Waals surface area contributed by atoms with E-state index in [9.17, 15) is 4.79 Å². The van der Waals surface area contributed by atoms with Gasteiger partial charge in [-0.15, -0.1) is 10.2 Å². The molecule has 6 nitrogen and oxygen atoms in total. The number of nitrogens with zero attached hydrogens (tertiary/aromatic N) is 4. The minimum Gasteiger partial charge on any atom is -0.490 e. The third kappa shape index (κ3) is 5.10. The van der Waals surface area contributed by atoms with Crippen LogP contribution in [0.5, 0.6) is 5.75 Å². The summed E-state index contributed by atoms with van der Waals surface area (Å²) in [6.07, 6.45) is 4.30. The maximum Gasteiger partial charge on any atom is 0.168 e. The number of fused-ring (bicyclic) bond motifs is 1. The normalized spacial score (nSPS) is 15.1. The first-order valence-corrected chi connectivity index (χ1v) is 12.0. The van der Waals surface area contributed by atoms with Crippen LogP contribution in [0.15, 0.2) is 54.7 Å². The standard InChI is InChI=1S/C26H26N4O2S/c1-17-28-29-26(33-17)19-6-7-20-16-27-22(13-21(20)12-19)15-25(31)18-4-3-5-24(14-18)32-23-8-10-30(2)11-9-23/h3-7,12-14,16,23H,8-11,15H2,1-2H3. The number of carbonyl (C=O) groups is 1. The Labute approximate surface area is 197 Å². The molecule has 3 heterocycles. The van der Waals surface area contributed by atoms with Gasteiger partial charge in [0.05, 0.1) is 6.42 Å². The molecule has 168 valence electrons. The SMILES string of the molecule is Cc1nnc(-c2ccc3cnc(CC(=O)c4cccc(OC5CCN(C)CC5)c4)cc3c2)s1. The maximum atomic E-state index is 13.0. The largest absolute Gasteiger partial charge is 0.490 e. The predicted octanol–water partition coefficient (Wildman–Crippen LogP) is 4.96. The van der Waals surface area contributed by atoms with Crippen LogP contribution < -0.4 is 4.74 Å². The Morgan fingerprint density at radius 3 is 2.73 bits per heavy atom. The molecule has 4 aromatic rings. The van der Waals surface area contributed by atoms with Gasteiger partial charge >= 0.3 is 0 Å². The van der Waals surface area contributed by atoms with Gasteiger partial charge in [0, 0.05) is 41.5 Å². The Morgan fingerprint density at radius 2 is 1.94 bits per heavy atom. The molecule has 0 bridgehead atoms. The first-order valence-electron chi connectivity index (χ1n) is 11.2. The van der Waals surface area contributed by atoms with E-state index in [0.29, 0.717) is 5.56 Å². The maximum absolute atomic E-state index is 13.0. The van der Waals surface area contributed by atoms with Gasteiger partial charge in [-0.25, -0.2) is 0 Å². The number of aromatic nitrogens is 3. The van der Waals surface area contributed by atoms with Gasteiger partial charge in [0.15, 0.2) is 5.78 Å². The van der Waals surface area contributed by atoms with Crippen molar-refractivity contribution in [2.45, 2.75) is 32.3 Å². The second-order valence-corrected chi connectivity index (χ2v) is 9.79. The fraction of sp³-hybridized carbons (Fsp3) is 0.308. The number of piperidine rings is 1. The molecule has 0 aliphatic carbocycles. The number of hydrogen-bond donors (Lipinski definition) is 0. The van der Waals surface area contributed by atoms with E-state index in [0.717, 1.165) is 63.7 Å². The van der Waals surface area contributed by atoms with Crippen LogP contribution >= 0.6 is 11.3 Å². The smallest absolute Gasteiger partial charge is 0.168 e. The minimum absolute atomic E-state index is 0.0339. The Balaban J connectivity index is 1.31. The molecule has 2 aromatic carbocycles. The van der Waals surface area contributed by atoms with Crippen molar-refractivity contribution in [1.82, 2.24) is 20.1 Å². The van der Waals surface area contributed by atoms with Crippen molar-refractivity contribution in [3.63, 3.8) is 0 Å². The van der Waals surface area contributed by atoms with Gasteiger partial charge in [-0.3, -0.25) is 9.78 Å². The molecular weight excluding hydrogens is 432 g/mol. The zero-order valence-corrected chi connectivity index (χ0v) is 19.6. The highest BCUT2D eigenvalue weighted by Crippen LogP contribution is 2.27. The second-order valence-electron chi connectivity index (χ2n) is 8.61. The van der Waals surface area contributed by atoms with Gasteiger partial charge in [0.2, 0.25) is 0 Å². The number of ether oxygens (including phenoxy) is 1. The summed E-state index contributed by atoms with van der Waals surface area (Å²) in [7, 11) is 2.13. The van der Waals surface area contributed by atoms with Gasteiger partial charge in [0.1, 0.15) is 21.9 Å². The zero-order chi connectivity index (χ0) is 22.8. The molecule has 1 saturated heterocycles. The lowest BCUT2D eigenvalue weighted by Gasteiger charge is -2.29. The lowest BCUT2D eigenvalue weighted by atomic mass is 10.0. The first kappa shape index (κ1) is 21.7. The Kier molecular flexibility index (Phi) is 6.15. The van der Waals surface area contributed by atoms with Crippen molar-refractivity contribution in [3.8, 4) is 16.3 Å². The number of aryl methyl sites for hydroxylation is 1. The number of carbonyl (C=O) groups excluding carboxylic acids is 1. The van der Waals surface area contributed by atoms with Crippen LogP contribution in [-0.2, 0) is 6.42 Å². The number of pyridine rings is 1.